The fraction of sp³-hybridized carbons (Fsp3) is 0.889. The van der Waals surface area contributed by atoms with Crippen LogP contribution in [0.2, 0.25) is 0 Å². The molecule has 1 aliphatic rings. The lowest BCUT2D eigenvalue weighted by molar-refractivity contribution is -0.145. The molecule has 3 atom stereocenters. The Bertz CT molecular complexity index is 170. The molecule has 0 aromatic rings. The molecule has 0 aromatic carbocycles. The lowest BCUT2D eigenvalue weighted by Gasteiger charge is -2.27. The Kier molecular flexibility index (Phi) is 3.06. The number of carbonyl (C=O) groups is 1. The van der Waals surface area contributed by atoms with Gasteiger partial charge in [-0.05, 0) is 18.8 Å². The van der Waals surface area contributed by atoms with Crippen LogP contribution in [-0.2, 0) is 4.79 Å². The van der Waals surface area contributed by atoms with Gasteiger partial charge in [-0.15, -0.1) is 0 Å². The number of rotatable bonds is 2. The summed E-state index contributed by atoms with van der Waals surface area (Å²) in [5.41, 5.74) is 0. The van der Waals surface area contributed by atoms with Crippen LogP contribution in [0, 0.1) is 11.8 Å². The number of halogens is 1. The average Bonchev–Trinajstić information content (AvgIpc) is 2.03. The molecule has 0 bridgehead atoms. The molecule has 0 aromatic heterocycles. The molecule has 0 spiro atoms. The van der Waals surface area contributed by atoms with Gasteiger partial charge in [0.1, 0.15) is 0 Å². The lowest BCUT2D eigenvalue weighted by atomic mass is 9.80. The molecule has 0 aliphatic heterocycles. The van der Waals surface area contributed by atoms with Crippen LogP contribution in [0.4, 0.5) is 4.39 Å². The third-order valence-electron chi connectivity index (χ3n) is 2.63. The topological polar surface area (TPSA) is 37.3 Å². The highest BCUT2D eigenvalue weighted by Gasteiger charge is 2.31. The molecular weight excluding hydrogens is 159 g/mol. The molecule has 1 rings (SSSR count). The number of carboxylic acid groups (broad SMARTS) is 1. The van der Waals surface area contributed by atoms with Gasteiger partial charge in [-0.2, -0.15) is 0 Å². The molecule has 0 radical (unpaired) electrons. The Labute approximate surface area is 71.8 Å². The maximum atomic E-state index is 13.0. The molecule has 0 saturated heterocycles. The SMILES string of the molecule is CC1CCCC(C(F)C(=O)O)C1. The van der Waals surface area contributed by atoms with E-state index in [1.54, 1.807) is 0 Å². The van der Waals surface area contributed by atoms with Crippen molar-refractivity contribution in [3.05, 3.63) is 0 Å². The first-order valence-corrected chi connectivity index (χ1v) is 4.48. The van der Waals surface area contributed by atoms with Crippen molar-refractivity contribution in [1.82, 2.24) is 0 Å². The van der Waals surface area contributed by atoms with Crippen molar-refractivity contribution in [2.75, 3.05) is 0 Å². The van der Waals surface area contributed by atoms with E-state index in [0.29, 0.717) is 5.92 Å². The summed E-state index contributed by atoms with van der Waals surface area (Å²) < 4.78 is 13.0. The Hall–Kier alpha value is -0.600. The maximum absolute atomic E-state index is 13.0. The third-order valence-corrected chi connectivity index (χ3v) is 2.63. The summed E-state index contributed by atoms with van der Waals surface area (Å²) in [5.74, 6) is -1.05. The van der Waals surface area contributed by atoms with Crippen molar-refractivity contribution in [1.29, 1.82) is 0 Å². The minimum Gasteiger partial charge on any atom is -0.479 e. The zero-order valence-corrected chi connectivity index (χ0v) is 7.29. The molecule has 1 fully saturated rings. The van der Waals surface area contributed by atoms with Crippen LogP contribution in [0.1, 0.15) is 32.6 Å². The zero-order chi connectivity index (χ0) is 9.14. The van der Waals surface area contributed by atoms with Gasteiger partial charge in [0.15, 0.2) is 6.17 Å². The molecular formula is C9H15FO2. The second-order valence-electron chi connectivity index (χ2n) is 3.77. The summed E-state index contributed by atoms with van der Waals surface area (Å²) in [7, 11) is 0. The van der Waals surface area contributed by atoms with Crippen LogP contribution < -0.4 is 0 Å². The lowest BCUT2D eigenvalue weighted by Crippen LogP contribution is -2.29. The second-order valence-corrected chi connectivity index (χ2v) is 3.77. The highest BCUT2D eigenvalue weighted by atomic mass is 19.1. The van der Waals surface area contributed by atoms with E-state index >= 15 is 0 Å². The van der Waals surface area contributed by atoms with Crippen molar-refractivity contribution < 1.29 is 14.3 Å². The van der Waals surface area contributed by atoms with Crippen LogP contribution in [0.5, 0.6) is 0 Å². The van der Waals surface area contributed by atoms with Crippen molar-refractivity contribution >= 4 is 5.97 Å². The number of alkyl halides is 1. The quantitative estimate of drug-likeness (QED) is 0.697. The van der Waals surface area contributed by atoms with Crippen LogP contribution in [0.3, 0.4) is 0 Å². The molecule has 0 amide bonds. The first-order valence-electron chi connectivity index (χ1n) is 4.48. The Balaban J connectivity index is 2.45. The Morgan fingerprint density at radius 2 is 2.25 bits per heavy atom. The van der Waals surface area contributed by atoms with E-state index in [9.17, 15) is 9.18 Å². The Morgan fingerprint density at radius 1 is 1.58 bits per heavy atom. The summed E-state index contributed by atoms with van der Waals surface area (Å²) in [4.78, 5) is 10.3. The van der Waals surface area contributed by atoms with E-state index in [2.05, 4.69) is 6.92 Å². The van der Waals surface area contributed by atoms with Gasteiger partial charge >= 0.3 is 5.97 Å². The van der Waals surface area contributed by atoms with Gasteiger partial charge in [-0.25, -0.2) is 9.18 Å². The van der Waals surface area contributed by atoms with Crippen LogP contribution in [0.15, 0.2) is 0 Å². The largest absolute Gasteiger partial charge is 0.479 e. The number of aliphatic carboxylic acids is 1. The molecule has 3 unspecified atom stereocenters. The number of carboxylic acids is 1. The van der Waals surface area contributed by atoms with Crippen LogP contribution >= 0.6 is 0 Å². The summed E-state index contributed by atoms with van der Waals surface area (Å²) in [5, 5.41) is 8.45. The molecule has 1 N–H and O–H groups in total. The van der Waals surface area contributed by atoms with E-state index in [1.807, 2.05) is 0 Å². The second kappa shape index (κ2) is 3.87. The predicted molar refractivity (Wildman–Crippen MR) is 43.7 cm³/mol. The zero-order valence-electron chi connectivity index (χ0n) is 7.29. The molecule has 2 nitrogen and oxygen atoms in total. The molecule has 1 aliphatic carbocycles. The van der Waals surface area contributed by atoms with Gasteiger partial charge in [0.25, 0.3) is 0 Å². The van der Waals surface area contributed by atoms with E-state index in [-0.39, 0.29) is 5.92 Å². The molecule has 70 valence electrons. The van der Waals surface area contributed by atoms with Gasteiger partial charge in [-0.1, -0.05) is 19.8 Å². The maximum Gasteiger partial charge on any atom is 0.338 e. The minimum absolute atomic E-state index is 0.244. The first kappa shape index (κ1) is 9.49. The van der Waals surface area contributed by atoms with Crippen molar-refractivity contribution in [3.8, 4) is 0 Å². The van der Waals surface area contributed by atoms with Gasteiger partial charge in [-0.3, -0.25) is 0 Å². The highest BCUT2D eigenvalue weighted by Crippen LogP contribution is 2.31. The predicted octanol–water partition coefficient (Wildman–Crippen LogP) is 2.24. The van der Waals surface area contributed by atoms with Crippen LogP contribution in [-0.4, -0.2) is 17.2 Å². The van der Waals surface area contributed by atoms with Crippen molar-refractivity contribution in [3.63, 3.8) is 0 Å². The minimum atomic E-state index is -1.65. The van der Waals surface area contributed by atoms with Gasteiger partial charge in [0.2, 0.25) is 0 Å². The smallest absolute Gasteiger partial charge is 0.338 e. The van der Waals surface area contributed by atoms with Gasteiger partial charge in [0, 0.05) is 5.92 Å². The van der Waals surface area contributed by atoms with Gasteiger partial charge < -0.3 is 5.11 Å². The summed E-state index contributed by atoms with van der Waals surface area (Å²) in [6.45, 7) is 2.06. The number of hydrogen-bond acceptors (Lipinski definition) is 1. The number of hydrogen-bond donors (Lipinski definition) is 1. The van der Waals surface area contributed by atoms with E-state index in [1.165, 1.54) is 0 Å². The van der Waals surface area contributed by atoms with Crippen LogP contribution in [0.25, 0.3) is 0 Å². The summed E-state index contributed by atoms with van der Waals surface area (Å²) in [6.07, 6.45) is 1.90. The highest BCUT2D eigenvalue weighted by molar-refractivity contribution is 5.72. The molecule has 3 heteroatoms. The monoisotopic (exact) mass is 174 g/mol. The Morgan fingerprint density at radius 3 is 2.75 bits per heavy atom. The van der Waals surface area contributed by atoms with E-state index in [0.717, 1.165) is 25.7 Å². The fourth-order valence-electron chi connectivity index (χ4n) is 1.95. The van der Waals surface area contributed by atoms with E-state index in [4.69, 9.17) is 5.11 Å². The first-order chi connectivity index (χ1) is 5.61. The van der Waals surface area contributed by atoms with Crippen molar-refractivity contribution in [2.45, 2.75) is 38.8 Å². The molecule has 12 heavy (non-hydrogen) atoms. The standard InChI is InChI=1S/C9H15FO2/c1-6-3-2-4-7(5-6)8(10)9(11)12/h6-8H,2-5H2,1H3,(H,11,12). The molecule has 1 saturated carbocycles. The average molecular weight is 174 g/mol. The van der Waals surface area contributed by atoms with Gasteiger partial charge in [0.05, 0.1) is 0 Å². The normalized spacial score (nSPS) is 32.8. The third kappa shape index (κ3) is 2.19. The summed E-state index contributed by atoms with van der Waals surface area (Å²) >= 11 is 0. The summed E-state index contributed by atoms with van der Waals surface area (Å²) in [6, 6.07) is 0. The molecule has 0 heterocycles. The van der Waals surface area contributed by atoms with E-state index < -0.39 is 12.1 Å². The fourth-order valence-corrected chi connectivity index (χ4v) is 1.95. The van der Waals surface area contributed by atoms with Crippen molar-refractivity contribution in [2.24, 2.45) is 11.8 Å².